The number of nitrogen functional groups attached to an aromatic ring is 1. The van der Waals surface area contributed by atoms with Crippen molar-refractivity contribution in [1.82, 2.24) is 4.98 Å². The Morgan fingerprint density at radius 1 is 1.73 bits per heavy atom. The van der Waals surface area contributed by atoms with E-state index >= 15 is 0 Å². The van der Waals surface area contributed by atoms with Gasteiger partial charge >= 0.3 is 0 Å². The van der Waals surface area contributed by atoms with E-state index in [4.69, 9.17) is 5.73 Å². The van der Waals surface area contributed by atoms with Crippen LogP contribution in [0.25, 0.3) is 0 Å². The van der Waals surface area contributed by atoms with Gasteiger partial charge in [-0.1, -0.05) is 0 Å². The maximum Gasteiger partial charge on any atom is 0.164 e. The van der Waals surface area contributed by atoms with Crippen molar-refractivity contribution in [3.63, 3.8) is 0 Å². The summed E-state index contributed by atoms with van der Waals surface area (Å²) in [5, 5.41) is 2.92. The molecular weight excluding hydrogens is 145 g/mol. The van der Waals surface area contributed by atoms with Gasteiger partial charge in [-0.15, -0.1) is 0 Å². The summed E-state index contributed by atoms with van der Waals surface area (Å²) in [6, 6.07) is 1.47. The van der Waals surface area contributed by atoms with Gasteiger partial charge in [-0.25, -0.2) is 9.37 Å². The molecule has 0 unspecified atom stereocenters. The molecule has 0 aliphatic rings. The van der Waals surface area contributed by atoms with Crippen molar-refractivity contribution in [2.45, 2.75) is 6.92 Å². The molecule has 0 aliphatic carbocycles. The third-order valence-electron chi connectivity index (χ3n) is 1.24. The zero-order chi connectivity index (χ0) is 8.27. The molecule has 0 saturated heterocycles. The van der Waals surface area contributed by atoms with Crippen molar-refractivity contribution in [3.05, 3.63) is 18.1 Å². The van der Waals surface area contributed by atoms with Crippen LogP contribution >= 0.6 is 0 Å². The summed E-state index contributed by atoms with van der Waals surface area (Å²) in [5.41, 5.74) is 5.42. The summed E-state index contributed by atoms with van der Waals surface area (Å²) in [7, 11) is 0. The molecule has 1 heterocycles. The van der Waals surface area contributed by atoms with Gasteiger partial charge in [-0.3, -0.25) is 0 Å². The molecule has 0 amide bonds. The van der Waals surface area contributed by atoms with E-state index in [1.807, 2.05) is 6.92 Å². The molecule has 4 heteroatoms. The molecule has 0 aliphatic heterocycles. The zero-order valence-electron chi connectivity index (χ0n) is 6.26. The molecule has 60 valence electrons. The molecule has 0 radical (unpaired) electrons. The normalized spacial score (nSPS) is 9.64. The molecule has 1 aromatic heterocycles. The third-order valence-corrected chi connectivity index (χ3v) is 1.24. The monoisotopic (exact) mass is 155 g/mol. The number of hydrogen-bond donors (Lipinski definition) is 2. The maximum atomic E-state index is 12.5. The average Bonchev–Trinajstić information content (AvgIpc) is 1.98. The number of hydrogen-bond acceptors (Lipinski definition) is 3. The number of halogens is 1. The summed E-state index contributed by atoms with van der Waals surface area (Å²) in [4.78, 5) is 3.76. The minimum absolute atomic E-state index is 0.121. The van der Waals surface area contributed by atoms with Crippen LogP contribution in [0.4, 0.5) is 15.9 Å². The molecule has 0 atom stereocenters. The highest BCUT2D eigenvalue weighted by atomic mass is 19.1. The molecule has 1 rings (SSSR count). The van der Waals surface area contributed by atoms with E-state index in [9.17, 15) is 4.39 Å². The highest BCUT2D eigenvalue weighted by Gasteiger charge is 1.98. The Balaban J connectivity index is 2.86. The number of rotatable bonds is 2. The van der Waals surface area contributed by atoms with Crippen LogP contribution in [0.15, 0.2) is 12.3 Å². The second-order valence-corrected chi connectivity index (χ2v) is 2.12. The van der Waals surface area contributed by atoms with Gasteiger partial charge in [0.25, 0.3) is 0 Å². The highest BCUT2D eigenvalue weighted by Crippen LogP contribution is 2.12. The topological polar surface area (TPSA) is 50.9 Å². The average molecular weight is 155 g/mol. The fourth-order valence-electron chi connectivity index (χ4n) is 0.732. The Morgan fingerprint density at radius 3 is 3.00 bits per heavy atom. The van der Waals surface area contributed by atoms with E-state index in [2.05, 4.69) is 10.3 Å². The molecule has 0 aromatic carbocycles. The van der Waals surface area contributed by atoms with Crippen LogP contribution in [0, 0.1) is 5.82 Å². The molecule has 0 bridgehead atoms. The van der Waals surface area contributed by atoms with Crippen molar-refractivity contribution in [1.29, 1.82) is 0 Å². The lowest BCUT2D eigenvalue weighted by molar-refractivity contribution is 0.626. The smallest absolute Gasteiger partial charge is 0.164 e. The number of nitrogens with one attached hydrogen (secondary N) is 1. The summed E-state index contributed by atoms with van der Waals surface area (Å²) in [6.45, 7) is 2.68. The van der Waals surface area contributed by atoms with E-state index in [1.54, 1.807) is 0 Å². The summed E-state index contributed by atoms with van der Waals surface area (Å²) < 4.78 is 12.5. The van der Waals surface area contributed by atoms with Crippen LogP contribution < -0.4 is 11.1 Å². The number of aromatic nitrogens is 1. The first-order valence-electron chi connectivity index (χ1n) is 3.39. The van der Waals surface area contributed by atoms with Crippen LogP contribution in [-0.4, -0.2) is 11.5 Å². The first kappa shape index (κ1) is 7.78. The second-order valence-electron chi connectivity index (χ2n) is 2.12. The Kier molecular flexibility index (Phi) is 2.25. The van der Waals surface area contributed by atoms with E-state index in [1.165, 1.54) is 6.07 Å². The van der Waals surface area contributed by atoms with E-state index in [-0.39, 0.29) is 5.69 Å². The first-order chi connectivity index (χ1) is 5.24. The zero-order valence-corrected chi connectivity index (χ0v) is 6.26. The van der Waals surface area contributed by atoms with E-state index in [0.29, 0.717) is 5.82 Å². The summed E-state index contributed by atoms with van der Waals surface area (Å²) in [6.07, 6.45) is 1.10. The van der Waals surface area contributed by atoms with Crippen LogP contribution in [0.3, 0.4) is 0 Å². The predicted molar refractivity (Wildman–Crippen MR) is 42.8 cm³/mol. The van der Waals surface area contributed by atoms with Crippen molar-refractivity contribution >= 4 is 11.5 Å². The van der Waals surface area contributed by atoms with Crippen LogP contribution in [0.2, 0.25) is 0 Å². The number of nitrogens with two attached hydrogens (primary N) is 1. The van der Waals surface area contributed by atoms with Crippen molar-refractivity contribution in [3.8, 4) is 0 Å². The highest BCUT2D eigenvalue weighted by molar-refractivity contribution is 5.49. The minimum atomic E-state index is -0.480. The lowest BCUT2D eigenvalue weighted by Gasteiger charge is -2.02. The SMILES string of the molecule is CCNc1cc(N)c(F)cn1. The lowest BCUT2D eigenvalue weighted by atomic mass is 10.4. The van der Waals surface area contributed by atoms with Gasteiger partial charge < -0.3 is 11.1 Å². The molecule has 11 heavy (non-hydrogen) atoms. The maximum absolute atomic E-state index is 12.5. The largest absolute Gasteiger partial charge is 0.396 e. The predicted octanol–water partition coefficient (Wildman–Crippen LogP) is 1.23. The van der Waals surface area contributed by atoms with Crippen LogP contribution in [0.1, 0.15) is 6.92 Å². The van der Waals surface area contributed by atoms with Crippen molar-refractivity contribution in [2.24, 2.45) is 0 Å². The van der Waals surface area contributed by atoms with Gasteiger partial charge in [0, 0.05) is 12.6 Å². The molecule has 0 saturated carbocycles. The fourth-order valence-corrected chi connectivity index (χ4v) is 0.732. The number of anilines is 2. The van der Waals surface area contributed by atoms with Gasteiger partial charge in [0.1, 0.15) is 5.82 Å². The summed E-state index contributed by atoms with van der Waals surface area (Å²) in [5.74, 6) is 0.123. The Morgan fingerprint density at radius 2 is 2.45 bits per heavy atom. The summed E-state index contributed by atoms with van der Waals surface area (Å²) >= 11 is 0. The minimum Gasteiger partial charge on any atom is -0.396 e. The Labute approximate surface area is 64.4 Å². The van der Waals surface area contributed by atoms with Gasteiger partial charge in [-0.05, 0) is 6.92 Å². The molecule has 3 nitrogen and oxygen atoms in total. The Hall–Kier alpha value is -1.32. The molecule has 1 aromatic rings. The fraction of sp³-hybridized carbons (Fsp3) is 0.286. The van der Waals surface area contributed by atoms with Crippen molar-refractivity contribution in [2.75, 3.05) is 17.6 Å². The van der Waals surface area contributed by atoms with E-state index in [0.717, 1.165) is 12.7 Å². The number of nitrogens with zero attached hydrogens (tertiary/aromatic N) is 1. The van der Waals surface area contributed by atoms with Crippen LogP contribution in [0.5, 0.6) is 0 Å². The van der Waals surface area contributed by atoms with Crippen LogP contribution in [-0.2, 0) is 0 Å². The second kappa shape index (κ2) is 3.18. The van der Waals surface area contributed by atoms with Gasteiger partial charge in [0.15, 0.2) is 5.82 Å². The first-order valence-corrected chi connectivity index (χ1v) is 3.39. The molecule has 0 spiro atoms. The van der Waals surface area contributed by atoms with Gasteiger partial charge in [0.2, 0.25) is 0 Å². The van der Waals surface area contributed by atoms with Gasteiger partial charge in [0.05, 0.1) is 11.9 Å². The quantitative estimate of drug-likeness (QED) is 0.675. The van der Waals surface area contributed by atoms with E-state index < -0.39 is 5.82 Å². The molecule has 0 fully saturated rings. The van der Waals surface area contributed by atoms with Crippen molar-refractivity contribution < 1.29 is 4.39 Å². The Bertz CT molecular complexity index is 249. The lowest BCUT2D eigenvalue weighted by Crippen LogP contribution is -2.01. The number of pyridine rings is 1. The third kappa shape index (κ3) is 1.80. The molecule has 3 N–H and O–H groups in total. The standard InChI is InChI=1S/C7H10FN3/c1-2-10-7-3-6(9)5(8)4-11-7/h3-4H,2H2,1H3,(H3,9,10,11). The van der Waals surface area contributed by atoms with Gasteiger partial charge in [-0.2, -0.15) is 0 Å². The molecular formula is C7H10FN3.